The number of carbonyl (C=O) groups excluding carboxylic acids is 3. The van der Waals surface area contributed by atoms with Gasteiger partial charge in [-0.25, -0.2) is 0 Å². The number of rotatable bonds is 8. The van der Waals surface area contributed by atoms with Crippen LogP contribution in [-0.4, -0.2) is 101 Å². The quantitative estimate of drug-likeness (QED) is 0.276. The summed E-state index contributed by atoms with van der Waals surface area (Å²) in [5.74, 6) is -5.82. The summed E-state index contributed by atoms with van der Waals surface area (Å²) in [5, 5.41) is 45.7. The number of nitrogens with zero attached hydrogens (tertiary/aromatic N) is 3. The molecule has 0 bridgehead atoms. The van der Waals surface area contributed by atoms with Gasteiger partial charge in [0.15, 0.2) is 11.4 Å². The molecule has 44 heavy (non-hydrogen) atoms. The molecule has 1 fully saturated rings. The first-order chi connectivity index (χ1) is 20.7. The fraction of sp³-hybridized carbons (Fsp3) is 0.606. The van der Waals surface area contributed by atoms with Gasteiger partial charge in [0.1, 0.15) is 22.8 Å². The average molecular weight is 611 g/mol. The van der Waals surface area contributed by atoms with Crippen LogP contribution >= 0.6 is 0 Å². The molecular formula is C33H46N4O7. The van der Waals surface area contributed by atoms with Crippen LogP contribution in [0.5, 0.6) is 5.75 Å². The van der Waals surface area contributed by atoms with Crippen LogP contribution in [0.4, 0.5) is 5.69 Å². The SMILES string of the molecule is CCN(Cc1cc(O)c2c(c1N(C)C)C[C@H]1C[C@H]3[C@H](N(C)C)C(O)=C(C(N)=O)C(=O)[C@@]3(O)C(O)=C1C2=O)CC1CCCCC1. The zero-order valence-electron chi connectivity index (χ0n) is 26.4. The zero-order chi connectivity index (χ0) is 32.2. The molecule has 0 unspecified atom stereocenters. The molecule has 0 heterocycles. The number of hydrogen-bond donors (Lipinski definition) is 5. The van der Waals surface area contributed by atoms with Crippen LogP contribution in [0.2, 0.25) is 0 Å². The number of Topliss-reactive ketones (excluding diaryl/α,β-unsaturated/α-hetero) is 2. The number of allylic oxidation sites excluding steroid dienone is 1. The predicted molar refractivity (Wildman–Crippen MR) is 166 cm³/mol. The Balaban J connectivity index is 1.60. The number of likely N-dealkylation sites (N-methyl/N-ethyl adjacent to an activating group) is 1. The summed E-state index contributed by atoms with van der Waals surface area (Å²) in [6.07, 6.45) is 6.56. The maximum Gasteiger partial charge on any atom is 0.255 e. The van der Waals surface area contributed by atoms with Crippen LogP contribution in [-0.2, 0) is 22.6 Å². The molecule has 5 rings (SSSR count). The number of phenols is 1. The highest BCUT2D eigenvalue weighted by Gasteiger charge is 2.63. The summed E-state index contributed by atoms with van der Waals surface area (Å²) >= 11 is 0. The highest BCUT2D eigenvalue weighted by Crippen LogP contribution is 2.53. The number of aliphatic hydroxyl groups excluding tert-OH is 2. The Bertz CT molecular complexity index is 1440. The van der Waals surface area contributed by atoms with Gasteiger partial charge in [0.25, 0.3) is 5.91 Å². The lowest BCUT2D eigenvalue weighted by atomic mass is 9.58. The van der Waals surface area contributed by atoms with Crippen molar-refractivity contribution in [2.75, 3.05) is 46.2 Å². The van der Waals surface area contributed by atoms with E-state index < -0.39 is 58.0 Å². The van der Waals surface area contributed by atoms with Crippen LogP contribution in [0.1, 0.15) is 66.9 Å². The van der Waals surface area contributed by atoms with Crippen molar-refractivity contribution in [1.82, 2.24) is 9.80 Å². The Labute approximate surface area is 258 Å². The van der Waals surface area contributed by atoms with Crippen molar-refractivity contribution in [2.45, 2.75) is 70.1 Å². The van der Waals surface area contributed by atoms with Crippen molar-refractivity contribution in [2.24, 2.45) is 23.5 Å². The second kappa shape index (κ2) is 11.8. The average Bonchev–Trinajstić information content (AvgIpc) is 2.94. The number of hydrogen-bond acceptors (Lipinski definition) is 10. The minimum absolute atomic E-state index is 0.0357. The van der Waals surface area contributed by atoms with E-state index >= 15 is 0 Å². The molecule has 11 heteroatoms. The van der Waals surface area contributed by atoms with Gasteiger partial charge in [0.05, 0.1) is 11.6 Å². The first-order valence-corrected chi connectivity index (χ1v) is 15.7. The second-order valence-corrected chi connectivity index (χ2v) is 13.4. The Kier molecular flexibility index (Phi) is 8.60. The molecule has 1 aromatic carbocycles. The normalized spacial score (nSPS) is 27.5. The number of ketones is 2. The number of aromatic hydroxyl groups is 1. The molecule has 0 radical (unpaired) electrons. The summed E-state index contributed by atoms with van der Waals surface area (Å²) in [5.41, 5.74) is 4.23. The molecule has 0 saturated heterocycles. The van der Waals surface area contributed by atoms with E-state index in [-0.39, 0.29) is 29.7 Å². The van der Waals surface area contributed by atoms with Crippen molar-refractivity contribution < 1.29 is 34.8 Å². The Hall–Kier alpha value is -3.41. The van der Waals surface area contributed by atoms with Crippen molar-refractivity contribution >= 4 is 23.2 Å². The fourth-order valence-electron chi connectivity index (χ4n) is 8.33. The standard InChI is InChI=1S/C33H46N4O7/c1-6-37(15-17-10-8-7-9-11-17)16-19-14-22(38)24-20(26(19)35(2)3)12-18-13-21-27(36(4)5)29(40)25(32(34)43)31(42)33(21,44)30(41)23(18)28(24)39/h14,17-18,21,27,38,40-41,44H,6-13,15-16H2,1-5H3,(H2,34,43)/t18-,21-,27-,33-/m0/s1. The number of anilines is 1. The minimum Gasteiger partial charge on any atom is -0.510 e. The number of primary amides is 1. The maximum absolute atomic E-state index is 14.1. The number of nitrogens with two attached hydrogens (primary N) is 1. The van der Waals surface area contributed by atoms with Gasteiger partial charge in [-0.3, -0.25) is 24.2 Å². The first kappa shape index (κ1) is 32.0. The predicted octanol–water partition coefficient (Wildman–Crippen LogP) is 2.59. The summed E-state index contributed by atoms with van der Waals surface area (Å²) < 4.78 is 0. The number of phenolic OH excluding ortho intramolecular Hbond substituents is 1. The number of aliphatic hydroxyl groups is 3. The molecule has 11 nitrogen and oxygen atoms in total. The smallest absolute Gasteiger partial charge is 0.255 e. The third-order valence-electron chi connectivity index (χ3n) is 10.3. The van der Waals surface area contributed by atoms with Gasteiger partial charge in [-0.2, -0.15) is 0 Å². The highest BCUT2D eigenvalue weighted by molar-refractivity contribution is 6.24. The topological polar surface area (TPSA) is 168 Å². The molecule has 0 spiro atoms. The second-order valence-electron chi connectivity index (χ2n) is 13.4. The van der Waals surface area contributed by atoms with Gasteiger partial charge in [0, 0.05) is 44.4 Å². The Morgan fingerprint density at radius 2 is 1.73 bits per heavy atom. The van der Waals surface area contributed by atoms with Crippen LogP contribution in [0, 0.1) is 17.8 Å². The van der Waals surface area contributed by atoms with Gasteiger partial charge in [-0.05, 0) is 75.4 Å². The number of carbonyl (C=O) groups is 3. The maximum atomic E-state index is 14.1. The Morgan fingerprint density at radius 3 is 2.30 bits per heavy atom. The summed E-state index contributed by atoms with van der Waals surface area (Å²) in [6.45, 7) is 4.54. The van der Waals surface area contributed by atoms with Crippen LogP contribution in [0.25, 0.3) is 0 Å². The van der Waals surface area contributed by atoms with E-state index in [1.165, 1.54) is 32.1 Å². The van der Waals surface area contributed by atoms with Crippen LogP contribution in [0.3, 0.4) is 0 Å². The first-order valence-electron chi connectivity index (χ1n) is 15.7. The molecule has 4 aliphatic carbocycles. The molecule has 1 amide bonds. The van der Waals surface area contributed by atoms with Gasteiger partial charge < -0.3 is 31.1 Å². The number of benzene rings is 1. The Morgan fingerprint density at radius 1 is 1.07 bits per heavy atom. The van der Waals surface area contributed by atoms with E-state index in [2.05, 4.69) is 11.8 Å². The lowest BCUT2D eigenvalue weighted by Crippen LogP contribution is -2.63. The molecular weight excluding hydrogens is 564 g/mol. The third kappa shape index (κ3) is 4.98. The van der Waals surface area contributed by atoms with Gasteiger partial charge in [-0.1, -0.05) is 26.2 Å². The monoisotopic (exact) mass is 610 g/mol. The summed E-state index contributed by atoms with van der Waals surface area (Å²) in [4.78, 5) is 45.7. The summed E-state index contributed by atoms with van der Waals surface area (Å²) in [7, 11) is 7.04. The van der Waals surface area contributed by atoms with Crippen LogP contribution < -0.4 is 10.6 Å². The fourth-order valence-corrected chi connectivity index (χ4v) is 8.33. The molecule has 6 N–H and O–H groups in total. The zero-order valence-corrected chi connectivity index (χ0v) is 26.4. The molecule has 1 saturated carbocycles. The molecule has 4 atom stereocenters. The van der Waals surface area contributed by atoms with E-state index in [0.29, 0.717) is 18.0 Å². The largest absolute Gasteiger partial charge is 0.510 e. The van der Waals surface area contributed by atoms with Crippen LogP contribution in [0.15, 0.2) is 28.7 Å². The van der Waals surface area contributed by atoms with E-state index in [9.17, 15) is 34.8 Å². The van der Waals surface area contributed by atoms with Crippen molar-refractivity contribution in [3.05, 3.63) is 45.4 Å². The number of fused-ring (bicyclic) bond motifs is 3. The van der Waals surface area contributed by atoms with E-state index in [1.807, 2.05) is 19.0 Å². The molecule has 4 aliphatic rings. The van der Waals surface area contributed by atoms with E-state index in [1.54, 1.807) is 25.1 Å². The van der Waals surface area contributed by atoms with Crippen molar-refractivity contribution in [1.29, 1.82) is 0 Å². The van der Waals surface area contributed by atoms with Gasteiger partial charge in [-0.15, -0.1) is 0 Å². The van der Waals surface area contributed by atoms with Crippen molar-refractivity contribution in [3.8, 4) is 5.75 Å². The summed E-state index contributed by atoms with van der Waals surface area (Å²) in [6, 6.07) is 0.597. The minimum atomic E-state index is -2.65. The number of amides is 1. The van der Waals surface area contributed by atoms with E-state index in [0.717, 1.165) is 24.3 Å². The lowest BCUT2D eigenvalue weighted by molar-refractivity contribution is -0.148. The van der Waals surface area contributed by atoms with Gasteiger partial charge >= 0.3 is 0 Å². The van der Waals surface area contributed by atoms with Crippen molar-refractivity contribution in [3.63, 3.8) is 0 Å². The van der Waals surface area contributed by atoms with Gasteiger partial charge in [0.2, 0.25) is 5.78 Å². The third-order valence-corrected chi connectivity index (χ3v) is 10.3. The highest BCUT2D eigenvalue weighted by atomic mass is 16.3. The molecule has 0 aromatic heterocycles. The molecule has 1 aromatic rings. The molecule has 0 aliphatic heterocycles. The van der Waals surface area contributed by atoms with E-state index in [4.69, 9.17) is 5.73 Å². The lowest BCUT2D eigenvalue weighted by Gasteiger charge is -2.50. The molecule has 240 valence electrons.